The highest BCUT2D eigenvalue weighted by atomic mass is 35.5. The van der Waals surface area contributed by atoms with Gasteiger partial charge in [0.1, 0.15) is 5.82 Å². The Kier molecular flexibility index (Phi) is 4.75. The number of benzene rings is 1. The van der Waals surface area contributed by atoms with E-state index in [1.54, 1.807) is 0 Å². The number of hydrogen-bond acceptors (Lipinski definition) is 6. The van der Waals surface area contributed by atoms with Gasteiger partial charge in [0.15, 0.2) is 15.3 Å². The van der Waals surface area contributed by atoms with E-state index in [0.29, 0.717) is 5.02 Å². The molecular weight excluding hydrogens is 338 g/mol. The minimum Gasteiger partial charge on any atom is -0.302 e. The molecule has 2 heterocycles. The fourth-order valence-electron chi connectivity index (χ4n) is 1.96. The van der Waals surface area contributed by atoms with Crippen molar-refractivity contribution in [3.8, 4) is 11.4 Å². The lowest BCUT2D eigenvalue weighted by molar-refractivity contribution is 0.687. The Morgan fingerprint density at radius 3 is 2.59 bits per heavy atom. The van der Waals surface area contributed by atoms with Crippen LogP contribution in [-0.2, 0) is 13.0 Å². The topological polar surface area (TPSA) is 56.5 Å². The maximum absolute atomic E-state index is 5.94. The van der Waals surface area contributed by atoms with Gasteiger partial charge >= 0.3 is 0 Å². The van der Waals surface area contributed by atoms with Gasteiger partial charge < -0.3 is 4.57 Å². The molecule has 5 nitrogen and oxygen atoms in total. The zero-order valence-electron chi connectivity index (χ0n) is 12.2. The van der Waals surface area contributed by atoms with Crippen molar-refractivity contribution in [3.63, 3.8) is 0 Å². The molecule has 0 bridgehead atoms. The van der Waals surface area contributed by atoms with Crippen molar-refractivity contribution in [2.45, 2.75) is 36.3 Å². The summed E-state index contributed by atoms with van der Waals surface area (Å²) in [6.07, 6.45) is 0.841. The summed E-state index contributed by atoms with van der Waals surface area (Å²) >= 11 is 8.84. The molecule has 22 heavy (non-hydrogen) atoms. The standard InChI is InChI=1S/C14H14ClN5S2/c1-3-11-16-14(22-19-11)21-13-18-17-12(20(13)4-2)9-5-7-10(15)8-6-9/h5-8H,3-4H2,1-2H3. The zero-order valence-corrected chi connectivity index (χ0v) is 14.5. The van der Waals surface area contributed by atoms with Crippen molar-refractivity contribution in [3.05, 3.63) is 35.1 Å². The minimum atomic E-state index is 0.710. The van der Waals surface area contributed by atoms with Gasteiger partial charge in [-0.15, -0.1) is 10.2 Å². The van der Waals surface area contributed by atoms with E-state index >= 15 is 0 Å². The van der Waals surface area contributed by atoms with E-state index in [1.807, 2.05) is 31.2 Å². The number of rotatable bonds is 5. The molecule has 0 fully saturated rings. The number of hydrogen-bond donors (Lipinski definition) is 0. The van der Waals surface area contributed by atoms with Gasteiger partial charge in [0, 0.05) is 23.6 Å². The minimum absolute atomic E-state index is 0.710. The lowest BCUT2D eigenvalue weighted by Crippen LogP contribution is -1.99. The van der Waals surface area contributed by atoms with Gasteiger partial charge in [-0.25, -0.2) is 4.98 Å². The Hall–Kier alpha value is -1.44. The van der Waals surface area contributed by atoms with Gasteiger partial charge in [-0.2, -0.15) is 4.37 Å². The van der Waals surface area contributed by atoms with Crippen LogP contribution in [0, 0.1) is 0 Å². The smallest absolute Gasteiger partial charge is 0.198 e. The summed E-state index contributed by atoms with van der Waals surface area (Å²) in [6.45, 7) is 4.90. The molecule has 0 aliphatic rings. The van der Waals surface area contributed by atoms with E-state index in [-0.39, 0.29) is 0 Å². The normalized spacial score (nSPS) is 11.0. The molecule has 8 heteroatoms. The maximum Gasteiger partial charge on any atom is 0.198 e. The van der Waals surface area contributed by atoms with Crippen LogP contribution in [0.1, 0.15) is 19.7 Å². The third-order valence-electron chi connectivity index (χ3n) is 3.08. The molecule has 0 amide bonds. The highest BCUT2D eigenvalue weighted by molar-refractivity contribution is 8.00. The van der Waals surface area contributed by atoms with Gasteiger partial charge in [0.2, 0.25) is 0 Å². The summed E-state index contributed by atoms with van der Waals surface area (Å²) in [4.78, 5) is 4.46. The quantitative estimate of drug-likeness (QED) is 0.690. The van der Waals surface area contributed by atoms with Crippen molar-refractivity contribution in [1.82, 2.24) is 24.1 Å². The second-order valence-electron chi connectivity index (χ2n) is 4.49. The molecule has 0 aliphatic carbocycles. The fourth-order valence-corrected chi connectivity index (χ4v) is 3.79. The fraction of sp³-hybridized carbons (Fsp3) is 0.286. The van der Waals surface area contributed by atoms with Crippen LogP contribution in [0.15, 0.2) is 33.8 Å². The lowest BCUT2D eigenvalue weighted by atomic mass is 10.2. The Morgan fingerprint density at radius 1 is 1.18 bits per heavy atom. The highest BCUT2D eigenvalue weighted by Crippen LogP contribution is 2.30. The van der Waals surface area contributed by atoms with Crippen LogP contribution in [0.3, 0.4) is 0 Å². The SMILES string of the molecule is CCc1nsc(Sc2nnc(-c3ccc(Cl)cc3)n2CC)n1. The highest BCUT2D eigenvalue weighted by Gasteiger charge is 2.15. The van der Waals surface area contributed by atoms with E-state index in [4.69, 9.17) is 11.6 Å². The summed E-state index contributed by atoms with van der Waals surface area (Å²) in [7, 11) is 0. The van der Waals surface area contributed by atoms with Crippen molar-refractivity contribution >= 4 is 34.9 Å². The Balaban J connectivity index is 1.91. The first-order valence-electron chi connectivity index (χ1n) is 6.90. The monoisotopic (exact) mass is 351 g/mol. The molecule has 0 N–H and O–H groups in total. The third-order valence-corrected chi connectivity index (χ3v) is 5.11. The van der Waals surface area contributed by atoms with Crippen molar-refractivity contribution in [2.75, 3.05) is 0 Å². The van der Waals surface area contributed by atoms with Gasteiger partial charge in [-0.05, 0) is 54.5 Å². The lowest BCUT2D eigenvalue weighted by Gasteiger charge is -2.06. The van der Waals surface area contributed by atoms with E-state index in [2.05, 4.69) is 31.0 Å². The van der Waals surface area contributed by atoms with Crippen molar-refractivity contribution < 1.29 is 0 Å². The molecule has 3 rings (SSSR count). The molecule has 0 saturated heterocycles. The van der Waals surface area contributed by atoms with Crippen LogP contribution >= 0.6 is 34.9 Å². The Bertz CT molecular complexity index is 766. The molecule has 1 aromatic carbocycles. The largest absolute Gasteiger partial charge is 0.302 e. The first kappa shape index (κ1) is 15.5. The molecule has 0 spiro atoms. The second-order valence-corrected chi connectivity index (χ2v) is 6.89. The van der Waals surface area contributed by atoms with Crippen molar-refractivity contribution in [2.24, 2.45) is 0 Å². The number of nitrogens with zero attached hydrogens (tertiary/aromatic N) is 5. The summed E-state index contributed by atoms with van der Waals surface area (Å²) in [5, 5.41) is 10.1. The van der Waals surface area contributed by atoms with Crippen LogP contribution in [0.2, 0.25) is 5.02 Å². The summed E-state index contributed by atoms with van der Waals surface area (Å²) in [5.41, 5.74) is 0.997. The number of halogens is 1. The van der Waals surface area contributed by atoms with Crippen LogP contribution in [0.25, 0.3) is 11.4 Å². The van der Waals surface area contributed by atoms with E-state index in [0.717, 1.165) is 39.7 Å². The number of aryl methyl sites for hydroxylation is 1. The molecule has 0 unspecified atom stereocenters. The molecular formula is C14H14ClN5S2. The predicted octanol–water partition coefficient (Wildman–Crippen LogP) is 4.18. The maximum atomic E-state index is 5.94. The molecule has 0 aliphatic heterocycles. The first-order chi connectivity index (χ1) is 10.7. The summed E-state index contributed by atoms with van der Waals surface area (Å²) in [5.74, 6) is 1.70. The molecule has 0 atom stereocenters. The van der Waals surface area contributed by atoms with Crippen LogP contribution in [0.5, 0.6) is 0 Å². The second kappa shape index (κ2) is 6.76. The van der Waals surface area contributed by atoms with Crippen LogP contribution in [0.4, 0.5) is 0 Å². The average molecular weight is 352 g/mol. The number of aromatic nitrogens is 5. The van der Waals surface area contributed by atoms with E-state index < -0.39 is 0 Å². The molecule has 114 valence electrons. The van der Waals surface area contributed by atoms with Gasteiger partial charge in [-0.3, -0.25) is 0 Å². The Morgan fingerprint density at radius 2 is 1.95 bits per heavy atom. The third kappa shape index (κ3) is 3.16. The molecule has 0 radical (unpaired) electrons. The van der Waals surface area contributed by atoms with Crippen LogP contribution < -0.4 is 0 Å². The molecule has 2 aromatic heterocycles. The van der Waals surface area contributed by atoms with Gasteiger partial charge in [-0.1, -0.05) is 18.5 Å². The zero-order chi connectivity index (χ0) is 15.5. The summed E-state index contributed by atoms with van der Waals surface area (Å²) in [6, 6.07) is 7.62. The molecule has 0 saturated carbocycles. The van der Waals surface area contributed by atoms with E-state index in [9.17, 15) is 0 Å². The van der Waals surface area contributed by atoms with Crippen LogP contribution in [-0.4, -0.2) is 24.1 Å². The van der Waals surface area contributed by atoms with Gasteiger partial charge in [0.25, 0.3) is 0 Å². The predicted molar refractivity (Wildman–Crippen MR) is 89.6 cm³/mol. The average Bonchev–Trinajstić information content (AvgIpc) is 3.15. The van der Waals surface area contributed by atoms with Gasteiger partial charge in [0.05, 0.1) is 0 Å². The summed E-state index contributed by atoms with van der Waals surface area (Å²) < 4.78 is 7.26. The van der Waals surface area contributed by atoms with Crippen molar-refractivity contribution in [1.29, 1.82) is 0 Å². The van der Waals surface area contributed by atoms with E-state index in [1.165, 1.54) is 23.3 Å². The molecule has 3 aromatic rings. The first-order valence-corrected chi connectivity index (χ1v) is 8.87. The Labute approximate surface area is 141 Å².